The molecular weight excluding hydrogens is 212 g/mol. The minimum Gasteiger partial charge on any atom is -0.398 e. The molecule has 3 nitrogen and oxygen atoms in total. The molecule has 1 aliphatic heterocycles. The lowest BCUT2D eigenvalue weighted by molar-refractivity contribution is -0.121. The minimum absolute atomic E-state index is 0.0866. The SMILES string of the molecule is CCC(C)C(=O)N1CCc2cc(C)c(N)cc21. The van der Waals surface area contributed by atoms with Crippen molar-refractivity contribution in [3.05, 3.63) is 23.3 Å². The molecule has 1 heterocycles. The van der Waals surface area contributed by atoms with Crippen molar-refractivity contribution >= 4 is 17.3 Å². The van der Waals surface area contributed by atoms with E-state index in [1.165, 1.54) is 5.56 Å². The van der Waals surface area contributed by atoms with Crippen LogP contribution in [0.5, 0.6) is 0 Å². The number of hydrogen-bond acceptors (Lipinski definition) is 2. The number of nitrogen functional groups attached to an aromatic ring is 1. The van der Waals surface area contributed by atoms with Crippen LogP contribution >= 0.6 is 0 Å². The Morgan fingerprint density at radius 1 is 1.53 bits per heavy atom. The summed E-state index contributed by atoms with van der Waals surface area (Å²) in [4.78, 5) is 14.1. The molecule has 2 rings (SSSR count). The van der Waals surface area contributed by atoms with E-state index in [1.807, 2.05) is 31.7 Å². The van der Waals surface area contributed by atoms with Crippen molar-refractivity contribution in [3.8, 4) is 0 Å². The zero-order valence-electron chi connectivity index (χ0n) is 10.8. The summed E-state index contributed by atoms with van der Waals surface area (Å²) in [5, 5.41) is 0. The normalized spacial score (nSPS) is 15.8. The number of benzene rings is 1. The van der Waals surface area contributed by atoms with Gasteiger partial charge in [0.2, 0.25) is 5.91 Å². The first-order valence-electron chi connectivity index (χ1n) is 6.25. The molecule has 0 saturated heterocycles. The van der Waals surface area contributed by atoms with Crippen LogP contribution in [0.3, 0.4) is 0 Å². The molecule has 1 aliphatic rings. The summed E-state index contributed by atoms with van der Waals surface area (Å²) in [5.74, 6) is 0.304. The van der Waals surface area contributed by atoms with Crippen molar-refractivity contribution in [1.29, 1.82) is 0 Å². The van der Waals surface area contributed by atoms with E-state index in [4.69, 9.17) is 5.73 Å². The smallest absolute Gasteiger partial charge is 0.229 e. The molecule has 0 spiro atoms. The predicted octanol–water partition coefficient (Wildman–Crippen LogP) is 2.51. The lowest BCUT2D eigenvalue weighted by Crippen LogP contribution is -2.33. The molecule has 0 aromatic heterocycles. The molecule has 92 valence electrons. The van der Waals surface area contributed by atoms with E-state index < -0.39 is 0 Å². The number of nitrogens with two attached hydrogens (primary N) is 1. The van der Waals surface area contributed by atoms with E-state index in [0.29, 0.717) is 0 Å². The zero-order chi connectivity index (χ0) is 12.6. The molecule has 1 aromatic carbocycles. The highest BCUT2D eigenvalue weighted by Crippen LogP contribution is 2.33. The van der Waals surface area contributed by atoms with Gasteiger partial charge in [-0.3, -0.25) is 4.79 Å². The highest BCUT2D eigenvalue weighted by molar-refractivity contribution is 5.97. The second-order valence-corrected chi connectivity index (χ2v) is 4.89. The maximum absolute atomic E-state index is 12.2. The quantitative estimate of drug-likeness (QED) is 0.796. The fourth-order valence-corrected chi connectivity index (χ4v) is 2.25. The van der Waals surface area contributed by atoms with Crippen LogP contribution in [0, 0.1) is 12.8 Å². The Bertz CT molecular complexity index is 454. The molecule has 1 unspecified atom stereocenters. The van der Waals surface area contributed by atoms with Crippen LogP contribution < -0.4 is 10.6 Å². The van der Waals surface area contributed by atoms with Crippen LogP contribution in [0.1, 0.15) is 31.4 Å². The molecule has 1 aromatic rings. The fraction of sp³-hybridized carbons (Fsp3) is 0.500. The van der Waals surface area contributed by atoms with Crippen molar-refractivity contribution in [2.24, 2.45) is 5.92 Å². The largest absolute Gasteiger partial charge is 0.398 e. The lowest BCUT2D eigenvalue weighted by Gasteiger charge is -2.21. The Balaban J connectivity index is 2.34. The lowest BCUT2D eigenvalue weighted by atomic mass is 10.1. The molecule has 0 bridgehead atoms. The second kappa shape index (κ2) is 4.40. The third-order valence-corrected chi connectivity index (χ3v) is 3.66. The van der Waals surface area contributed by atoms with Crippen molar-refractivity contribution < 1.29 is 4.79 Å². The number of nitrogens with zero attached hydrogens (tertiary/aromatic N) is 1. The summed E-state index contributed by atoms with van der Waals surface area (Å²) in [5.41, 5.74) is 10.1. The molecule has 1 amide bonds. The Morgan fingerprint density at radius 2 is 2.24 bits per heavy atom. The van der Waals surface area contributed by atoms with Crippen molar-refractivity contribution in [2.45, 2.75) is 33.6 Å². The van der Waals surface area contributed by atoms with E-state index >= 15 is 0 Å². The van der Waals surface area contributed by atoms with Gasteiger partial charge in [0.25, 0.3) is 0 Å². The Morgan fingerprint density at radius 3 is 2.88 bits per heavy atom. The van der Waals surface area contributed by atoms with Crippen LogP contribution in [0.2, 0.25) is 0 Å². The third kappa shape index (κ3) is 2.02. The van der Waals surface area contributed by atoms with Gasteiger partial charge in [0, 0.05) is 23.8 Å². The van der Waals surface area contributed by atoms with Crippen molar-refractivity contribution in [2.75, 3.05) is 17.2 Å². The number of carbonyl (C=O) groups excluding carboxylic acids is 1. The summed E-state index contributed by atoms with van der Waals surface area (Å²) in [6.45, 7) is 6.83. The zero-order valence-corrected chi connectivity index (χ0v) is 10.8. The van der Waals surface area contributed by atoms with Gasteiger partial charge in [-0.05, 0) is 37.0 Å². The number of hydrogen-bond donors (Lipinski definition) is 1. The minimum atomic E-state index is 0.0866. The standard InChI is InChI=1S/C14H20N2O/c1-4-9(2)14(17)16-6-5-11-7-10(3)12(15)8-13(11)16/h7-9H,4-6,15H2,1-3H3. The third-order valence-electron chi connectivity index (χ3n) is 3.66. The van der Waals surface area contributed by atoms with Gasteiger partial charge >= 0.3 is 0 Å². The Kier molecular flexibility index (Phi) is 3.09. The van der Waals surface area contributed by atoms with E-state index in [0.717, 1.165) is 36.3 Å². The van der Waals surface area contributed by atoms with Crippen LogP contribution in [0.4, 0.5) is 11.4 Å². The fourth-order valence-electron chi connectivity index (χ4n) is 2.25. The van der Waals surface area contributed by atoms with Crippen LogP contribution in [0.15, 0.2) is 12.1 Å². The number of rotatable bonds is 2. The molecule has 2 N–H and O–H groups in total. The van der Waals surface area contributed by atoms with Gasteiger partial charge in [-0.2, -0.15) is 0 Å². The number of anilines is 2. The highest BCUT2D eigenvalue weighted by atomic mass is 16.2. The van der Waals surface area contributed by atoms with Crippen molar-refractivity contribution in [3.63, 3.8) is 0 Å². The monoisotopic (exact) mass is 232 g/mol. The highest BCUT2D eigenvalue weighted by Gasteiger charge is 2.27. The summed E-state index contributed by atoms with van der Waals surface area (Å²) < 4.78 is 0. The number of fused-ring (bicyclic) bond motifs is 1. The van der Waals surface area contributed by atoms with E-state index in [-0.39, 0.29) is 11.8 Å². The van der Waals surface area contributed by atoms with Crippen LogP contribution in [0.25, 0.3) is 0 Å². The van der Waals surface area contributed by atoms with E-state index in [2.05, 4.69) is 6.07 Å². The maximum atomic E-state index is 12.2. The first-order chi connectivity index (χ1) is 8.04. The van der Waals surface area contributed by atoms with Crippen molar-refractivity contribution in [1.82, 2.24) is 0 Å². The first kappa shape index (κ1) is 12.0. The van der Waals surface area contributed by atoms with Gasteiger partial charge in [-0.1, -0.05) is 19.9 Å². The van der Waals surface area contributed by atoms with E-state index in [1.54, 1.807) is 0 Å². The molecular formula is C14H20N2O. The van der Waals surface area contributed by atoms with Crippen LogP contribution in [-0.4, -0.2) is 12.5 Å². The molecule has 0 aliphatic carbocycles. The first-order valence-corrected chi connectivity index (χ1v) is 6.25. The number of aryl methyl sites for hydroxylation is 1. The van der Waals surface area contributed by atoms with Gasteiger partial charge < -0.3 is 10.6 Å². The van der Waals surface area contributed by atoms with Gasteiger partial charge in [-0.15, -0.1) is 0 Å². The van der Waals surface area contributed by atoms with Gasteiger partial charge in [0.15, 0.2) is 0 Å². The second-order valence-electron chi connectivity index (χ2n) is 4.89. The van der Waals surface area contributed by atoms with Gasteiger partial charge in [0.1, 0.15) is 0 Å². The molecule has 0 radical (unpaired) electrons. The van der Waals surface area contributed by atoms with Gasteiger partial charge in [-0.25, -0.2) is 0 Å². The maximum Gasteiger partial charge on any atom is 0.229 e. The molecule has 0 saturated carbocycles. The predicted molar refractivity (Wildman–Crippen MR) is 71.1 cm³/mol. The topological polar surface area (TPSA) is 46.3 Å². The molecule has 0 fully saturated rings. The summed E-state index contributed by atoms with van der Waals surface area (Å²) in [6.07, 6.45) is 1.82. The Hall–Kier alpha value is -1.51. The van der Waals surface area contributed by atoms with Crippen LogP contribution in [-0.2, 0) is 11.2 Å². The molecule has 17 heavy (non-hydrogen) atoms. The summed E-state index contributed by atoms with van der Waals surface area (Å²) in [6, 6.07) is 4.05. The molecule has 1 atom stereocenters. The summed E-state index contributed by atoms with van der Waals surface area (Å²) >= 11 is 0. The number of amides is 1. The van der Waals surface area contributed by atoms with Gasteiger partial charge in [0.05, 0.1) is 0 Å². The molecule has 3 heteroatoms. The number of carbonyl (C=O) groups is 1. The summed E-state index contributed by atoms with van der Waals surface area (Å²) in [7, 11) is 0. The average Bonchev–Trinajstić information content (AvgIpc) is 2.70. The van der Waals surface area contributed by atoms with E-state index in [9.17, 15) is 4.79 Å². The Labute approximate surface area is 103 Å². The average molecular weight is 232 g/mol.